The van der Waals surface area contributed by atoms with Gasteiger partial charge in [-0.2, -0.15) is 0 Å². The lowest BCUT2D eigenvalue weighted by Crippen LogP contribution is -2.27. The summed E-state index contributed by atoms with van der Waals surface area (Å²) in [6.45, 7) is 3.43. The van der Waals surface area contributed by atoms with Crippen LogP contribution in [0.4, 0.5) is 0 Å². The molecule has 1 aromatic rings. The monoisotopic (exact) mass is 229 g/mol. The van der Waals surface area contributed by atoms with Gasteiger partial charge in [-0.1, -0.05) is 29.8 Å². The van der Waals surface area contributed by atoms with Gasteiger partial charge in [0.25, 0.3) is 0 Å². The van der Waals surface area contributed by atoms with Crippen molar-refractivity contribution in [2.75, 3.05) is 6.54 Å². The van der Waals surface area contributed by atoms with E-state index in [1.807, 2.05) is 0 Å². The van der Waals surface area contributed by atoms with Gasteiger partial charge in [-0.3, -0.25) is 0 Å². The molecule has 1 nitrogen and oxygen atoms in total. The van der Waals surface area contributed by atoms with E-state index in [1.165, 1.54) is 49.8 Å². The van der Waals surface area contributed by atoms with E-state index in [4.69, 9.17) is 0 Å². The van der Waals surface area contributed by atoms with Gasteiger partial charge >= 0.3 is 0 Å². The second kappa shape index (κ2) is 4.81. The molecule has 0 heterocycles. The molecule has 1 atom stereocenters. The Hall–Kier alpha value is -0.820. The van der Waals surface area contributed by atoms with E-state index >= 15 is 0 Å². The quantitative estimate of drug-likeness (QED) is 0.789. The Bertz CT molecular complexity index is 377. The number of benzene rings is 1. The van der Waals surface area contributed by atoms with Crippen molar-refractivity contribution in [2.24, 2.45) is 11.8 Å². The van der Waals surface area contributed by atoms with Gasteiger partial charge in [0.05, 0.1) is 0 Å². The maximum atomic E-state index is 3.71. The maximum absolute atomic E-state index is 3.71. The summed E-state index contributed by atoms with van der Waals surface area (Å²) in [5.41, 5.74) is 2.92. The van der Waals surface area contributed by atoms with Gasteiger partial charge in [-0.25, -0.2) is 0 Å². The molecule has 1 aromatic carbocycles. The Labute approximate surface area is 105 Å². The van der Waals surface area contributed by atoms with Gasteiger partial charge in [0.2, 0.25) is 0 Å². The molecule has 0 amide bonds. The average Bonchev–Trinajstić information content (AvgIpc) is 3.15. The largest absolute Gasteiger partial charge is 0.314 e. The number of rotatable bonds is 6. The van der Waals surface area contributed by atoms with Crippen LogP contribution in [-0.4, -0.2) is 12.6 Å². The first-order chi connectivity index (χ1) is 8.31. The lowest BCUT2D eigenvalue weighted by Gasteiger charge is -2.17. The van der Waals surface area contributed by atoms with Crippen molar-refractivity contribution in [3.05, 3.63) is 35.4 Å². The van der Waals surface area contributed by atoms with Gasteiger partial charge < -0.3 is 5.32 Å². The minimum Gasteiger partial charge on any atom is -0.314 e. The smallest absolute Gasteiger partial charge is 0.00683 e. The Balaban J connectivity index is 1.58. The lowest BCUT2D eigenvalue weighted by atomic mass is 9.94. The predicted molar refractivity (Wildman–Crippen MR) is 72.1 cm³/mol. The minimum absolute atomic E-state index is 0.855. The average molecular weight is 229 g/mol. The van der Waals surface area contributed by atoms with Crippen LogP contribution in [0.3, 0.4) is 0 Å². The van der Waals surface area contributed by atoms with Crippen molar-refractivity contribution in [3.63, 3.8) is 0 Å². The minimum atomic E-state index is 0.855. The summed E-state index contributed by atoms with van der Waals surface area (Å²) in [7, 11) is 0. The Kier molecular flexibility index (Phi) is 3.19. The van der Waals surface area contributed by atoms with Gasteiger partial charge in [0.15, 0.2) is 0 Å². The summed E-state index contributed by atoms with van der Waals surface area (Å²) in [6.07, 6.45) is 7.00. The standard InChI is InChI=1S/C16H23N/c1-12-3-2-4-13(9-12)10-15(14-5-6-14)11-17-16-7-8-16/h2-4,9,14-17H,5-8,10-11H2,1H3. The highest BCUT2D eigenvalue weighted by molar-refractivity contribution is 5.23. The summed E-state index contributed by atoms with van der Waals surface area (Å²) in [6, 6.07) is 9.89. The molecule has 0 radical (unpaired) electrons. The third-order valence-corrected chi connectivity index (χ3v) is 4.12. The van der Waals surface area contributed by atoms with Crippen molar-refractivity contribution in [3.8, 4) is 0 Å². The highest BCUT2D eigenvalue weighted by Crippen LogP contribution is 2.38. The fourth-order valence-corrected chi connectivity index (χ4v) is 2.72. The van der Waals surface area contributed by atoms with Crippen LogP contribution in [0.1, 0.15) is 36.8 Å². The van der Waals surface area contributed by atoms with Gasteiger partial charge in [0.1, 0.15) is 0 Å². The van der Waals surface area contributed by atoms with Crippen LogP contribution in [0.15, 0.2) is 24.3 Å². The number of hydrogen-bond acceptors (Lipinski definition) is 1. The summed E-state index contributed by atoms with van der Waals surface area (Å²) in [5.74, 6) is 1.87. The van der Waals surface area contributed by atoms with E-state index in [0.29, 0.717) is 0 Å². The van der Waals surface area contributed by atoms with Crippen LogP contribution in [0.5, 0.6) is 0 Å². The summed E-state index contributed by atoms with van der Waals surface area (Å²) in [4.78, 5) is 0. The molecule has 2 aliphatic rings. The predicted octanol–water partition coefficient (Wildman–Crippen LogP) is 3.32. The topological polar surface area (TPSA) is 12.0 Å². The molecule has 92 valence electrons. The van der Waals surface area contributed by atoms with Crippen LogP contribution in [0, 0.1) is 18.8 Å². The van der Waals surface area contributed by atoms with Gasteiger partial charge in [0, 0.05) is 6.04 Å². The summed E-state index contributed by atoms with van der Waals surface area (Å²) in [5, 5.41) is 3.71. The summed E-state index contributed by atoms with van der Waals surface area (Å²) < 4.78 is 0. The third kappa shape index (κ3) is 3.32. The van der Waals surface area contributed by atoms with E-state index in [2.05, 4.69) is 36.5 Å². The van der Waals surface area contributed by atoms with Crippen molar-refractivity contribution in [1.82, 2.24) is 5.32 Å². The molecule has 0 aliphatic heterocycles. The molecule has 1 unspecified atom stereocenters. The molecular formula is C16H23N. The molecule has 0 aromatic heterocycles. The highest BCUT2D eigenvalue weighted by Gasteiger charge is 2.32. The number of aryl methyl sites for hydroxylation is 1. The van der Waals surface area contributed by atoms with Crippen LogP contribution in [-0.2, 0) is 6.42 Å². The summed E-state index contributed by atoms with van der Waals surface area (Å²) >= 11 is 0. The van der Waals surface area contributed by atoms with Crippen LogP contribution < -0.4 is 5.32 Å². The van der Waals surface area contributed by atoms with Crippen molar-refractivity contribution < 1.29 is 0 Å². The van der Waals surface area contributed by atoms with Crippen molar-refractivity contribution in [1.29, 1.82) is 0 Å². The van der Waals surface area contributed by atoms with Gasteiger partial charge in [-0.05, 0) is 63.0 Å². The molecule has 0 bridgehead atoms. The normalized spacial score (nSPS) is 21.5. The van der Waals surface area contributed by atoms with E-state index in [9.17, 15) is 0 Å². The molecule has 3 rings (SSSR count). The van der Waals surface area contributed by atoms with E-state index < -0.39 is 0 Å². The first-order valence-corrected chi connectivity index (χ1v) is 7.10. The molecule has 0 saturated heterocycles. The van der Waals surface area contributed by atoms with Crippen LogP contribution in [0.2, 0.25) is 0 Å². The number of hydrogen-bond donors (Lipinski definition) is 1. The van der Waals surface area contributed by atoms with E-state index in [1.54, 1.807) is 0 Å². The maximum Gasteiger partial charge on any atom is 0.00683 e. The Morgan fingerprint density at radius 1 is 1.24 bits per heavy atom. The van der Waals surface area contributed by atoms with Crippen LogP contribution >= 0.6 is 0 Å². The molecule has 17 heavy (non-hydrogen) atoms. The molecular weight excluding hydrogens is 206 g/mol. The fraction of sp³-hybridized carbons (Fsp3) is 0.625. The Morgan fingerprint density at radius 3 is 2.71 bits per heavy atom. The van der Waals surface area contributed by atoms with Crippen LogP contribution in [0.25, 0.3) is 0 Å². The highest BCUT2D eigenvalue weighted by atomic mass is 14.9. The first kappa shape index (κ1) is 11.3. The first-order valence-electron chi connectivity index (χ1n) is 7.10. The molecule has 2 fully saturated rings. The van der Waals surface area contributed by atoms with Gasteiger partial charge in [-0.15, -0.1) is 0 Å². The molecule has 1 heteroatoms. The Morgan fingerprint density at radius 2 is 2.06 bits per heavy atom. The van der Waals surface area contributed by atoms with Crippen molar-refractivity contribution in [2.45, 2.75) is 45.1 Å². The molecule has 1 N–H and O–H groups in total. The zero-order chi connectivity index (χ0) is 11.7. The number of nitrogens with one attached hydrogen (secondary N) is 1. The van der Waals surface area contributed by atoms with E-state index in [-0.39, 0.29) is 0 Å². The zero-order valence-electron chi connectivity index (χ0n) is 10.8. The van der Waals surface area contributed by atoms with E-state index in [0.717, 1.165) is 17.9 Å². The third-order valence-electron chi connectivity index (χ3n) is 4.12. The molecule has 0 spiro atoms. The molecule has 2 saturated carbocycles. The van der Waals surface area contributed by atoms with Crippen molar-refractivity contribution >= 4 is 0 Å². The fourth-order valence-electron chi connectivity index (χ4n) is 2.72. The lowest BCUT2D eigenvalue weighted by molar-refractivity contribution is 0.422. The SMILES string of the molecule is Cc1cccc(CC(CNC2CC2)C2CC2)c1. The second-order valence-corrected chi connectivity index (χ2v) is 5.97. The second-order valence-electron chi connectivity index (χ2n) is 5.97. The molecule has 2 aliphatic carbocycles. The zero-order valence-corrected chi connectivity index (χ0v) is 10.8.